The highest BCUT2D eigenvalue weighted by molar-refractivity contribution is 7.07. The quantitative estimate of drug-likeness (QED) is 0.868. The molecule has 1 aliphatic carbocycles. The lowest BCUT2D eigenvalue weighted by atomic mass is 9.79. The van der Waals surface area contributed by atoms with Crippen molar-refractivity contribution in [1.29, 1.82) is 0 Å². The third kappa shape index (κ3) is 3.50. The van der Waals surface area contributed by atoms with Crippen LogP contribution < -0.4 is 5.32 Å². The zero-order chi connectivity index (χ0) is 12.3. The van der Waals surface area contributed by atoms with Crippen LogP contribution in [0.2, 0.25) is 0 Å². The summed E-state index contributed by atoms with van der Waals surface area (Å²) in [7, 11) is 0. The van der Waals surface area contributed by atoms with Gasteiger partial charge in [-0.2, -0.15) is 0 Å². The minimum atomic E-state index is -0.512. The zero-order valence-corrected chi connectivity index (χ0v) is 11.5. The van der Waals surface area contributed by atoms with Gasteiger partial charge in [0.05, 0.1) is 16.8 Å². The van der Waals surface area contributed by atoms with Gasteiger partial charge in [-0.15, -0.1) is 11.3 Å². The molecule has 17 heavy (non-hydrogen) atoms. The van der Waals surface area contributed by atoms with E-state index in [9.17, 15) is 5.11 Å². The number of nitrogens with one attached hydrogen (secondary N) is 1. The number of nitrogens with zero attached hydrogens (tertiary/aromatic N) is 1. The Kier molecular flexibility index (Phi) is 4.17. The Balaban J connectivity index is 1.84. The van der Waals surface area contributed by atoms with Crippen LogP contribution >= 0.6 is 11.3 Å². The molecule has 2 N–H and O–H groups in total. The molecule has 1 fully saturated rings. The fraction of sp³-hybridized carbons (Fsp3) is 0.769. The summed E-state index contributed by atoms with van der Waals surface area (Å²) < 4.78 is 0. The van der Waals surface area contributed by atoms with Gasteiger partial charge in [0.1, 0.15) is 0 Å². The van der Waals surface area contributed by atoms with Gasteiger partial charge in [0, 0.05) is 18.0 Å². The summed E-state index contributed by atoms with van der Waals surface area (Å²) in [5.74, 6) is 0.644. The Labute approximate surface area is 107 Å². The van der Waals surface area contributed by atoms with Gasteiger partial charge < -0.3 is 10.4 Å². The summed E-state index contributed by atoms with van der Waals surface area (Å²) >= 11 is 1.62. The van der Waals surface area contributed by atoms with E-state index in [0.717, 1.165) is 25.0 Å². The maximum Gasteiger partial charge on any atom is 0.0795 e. The molecular formula is C13H22N2OS. The van der Waals surface area contributed by atoms with E-state index in [-0.39, 0.29) is 6.04 Å². The molecule has 96 valence electrons. The van der Waals surface area contributed by atoms with Crippen molar-refractivity contribution in [3.8, 4) is 0 Å². The van der Waals surface area contributed by atoms with Crippen LogP contribution in [0.25, 0.3) is 0 Å². The minimum Gasteiger partial charge on any atom is -0.389 e. The average Bonchev–Trinajstić information content (AvgIpc) is 2.79. The van der Waals surface area contributed by atoms with Gasteiger partial charge in [-0.3, -0.25) is 0 Å². The lowest BCUT2D eigenvalue weighted by molar-refractivity contribution is -0.0134. The van der Waals surface area contributed by atoms with Crippen molar-refractivity contribution in [2.24, 2.45) is 5.92 Å². The molecule has 0 bridgehead atoms. The van der Waals surface area contributed by atoms with Crippen molar-refractivity contribution in [2.45, 2.75) is 51.2 Å². The number of aliphatic hydroxyl groups is 1. The van der Waals surface area contributed by atoms with E-state index >= 15 is 0 Å². The molecule has 0 aliphatic heterocycles. The fourth-order valence-electron chi connectivity index (χ4n) is 2.68. The van der Waals surface area contributed by atoms with E-state index in [1.165, 1.54) is 6.42 Å². The van der Waals surface area contributed by atoms with Gasteiger partial charge >= 0.3 is 0 Å². The molecule has 1 aliphatic rings. The van der Waals surface area contributed by atoms with E-state index < -0.39 is 5.60 Å². The first-order valence-corrected chi connectivity index (χ1v) is 7.37. The molecular weight excluding hydrogens is 232 g/mol. The number of hydrogen-bond donors (Lipinski definition) is 2. The molecule has 1 heterocycles. The van der Waals surface area contributed by atoms with Gasteiger partial charge in [0.25, 0.3) is 0 Å². The molecule has 1 aromatic rings. The predicted molar refractivity (Wildman–Crippen MR) is 71.1 cm³/mol. The molecule has 2 rings (SSSR count). The van der Waals surface area contributed by atoms with Crippen LogP contribution in [0.3, 0.4) is 0 Å². The van der Waals surface area contributed by atoms with Crippen LogP contribution in [-0.4, -0.2) is 22.2 Å². The van der Waals surface area contributed by atoms with Crippen LogP contribution in [0.15, 0.2) is 10.9 Å². The third-order valence-electron chi connectivity index (χ3n) is 3.70. The maximum atomic E-state index is 10.5. The highest BCUT2D eigenvalue weighted by atomic mass is 32.1. The molecule has 4 heteroatoms. The van der Waals surface area contributed by atoms with E-state index in [0.29, 0.717) is 12.5 Å². The van der Waals surface area contributed by atoms with Crippen molar-refractivity contribution in [3.05, 3.63) is 16.6 Å². The molecule has 0 saturated heterocycles. The van der Waals surface area contributed by atoms with E-state index in [2.05, 4.69) is 29.5 Å². The van der Waals surface area contributed by atoms with Crippen LogP contribution in [0, 0.1) is 5.92 Å². The Morgan fingerprint density at radius 3 is 3.18 bits per heavy atom. The van der Waals surface area contributed by atoms with Crippen LogP contribution in [0.4, 0.5) is 0 Å². The maximum absolute atomic E-state index is 10.5. The highest BCUT2D eigenvalue weighted by Gasteiger charge is 2.32. The van der Waals surface area contributed by atoms with Gasteiger partial charge in [-0.25, -0.2) is 4.98 Å². The predicted octanol–water partition coefficient (Wildman–Crippen LogP) is 2.73. The second-order valence-electron chi connectivity index (χ2n) is 5.44. The number of hydrogen-bond acceptors (Lipinski definition) is 4. The normalized spacial score (nSPS) is 31.4. The van der Waals surface area contributed by atoms with Gasteiger partial charge in [0.15, 0.2) is 0 Å². The monoisotopic (exact) mass is 254 g/mol. The first-order chi connectivity index (χ1) is 8.09. The second kappa shape index (κ2) is 5.46. The molecule has 3 atom stereocenters. The van der Waals surface area contributed by atoms with Crippen LogP contribution in [0.5, 0.6) is 0 Å². The molecule has 0 aromatic carbocycles. The Bertz CT molecular complexity index is 341. The Morgan fingerprint density at radius 1 is 1.71 bits per heavy atom. The van der Waals surface area contributed by atoms with Crippen molar-refractivity contribution < 1.29 is 5.11 Å². The summed E-state index contributed by atoms with van der Waals surface area (Å²) in [4.78, 5) is 4.29. The Hall–Kier alpha value is -0.450. The summed E-state index contributed by atoms with van der Waals surface area (Å²) in [6.45, 7) is 5.01. The summed E-state index contributed by atoms with van der Waals surface area (Å²) in [5, 5.41) is 16.0. The molecule has 3 unspecified atom stereocenters. The third-order valence-corrected chi connectivity index (χ3v) is 4.30. The van der Waals surface area contributed by atoms with Crippen LogP contribution in [0.1, 0.15) is 51.3 Å². The molecule has 0 amide bonds. The minimum absolute atomic E-state index is 0.225. The Morgan fingerprint density at radius 2 is 2.53 bits per heavy atom. The first kappa shape index (κ1) is 13.0. The smallest absolute Gasteiger partial charge is 0.0795 e. The zero-order valence-electron chi connectivity index (χ0n) is 10.6. The molecule has 3 nitrogen and oxygen atoms in total. The summed E-state index contributed by atoms with van der Waals surface area (Å²) in [6, 6.07) is 0.225. The van der Waals surface area contributed by atoms with E-state index in [1.54, 1.807) is 11.3 Å². The molecule has 0 radical (unpaired) electrons. The number of rotatable bonds is 4. The lowest BCUT2D eigenvalue weighted by Crippen LogP contribution is -2.44. The highest BCUT2D eigenvalue weighted by Crippen LogP contribution is 2.32. The van der Waals surface area contributed by atoms with Crippen molar-refractivity contribution in [3.63, 3.8) is 0 Å². The van der Waals surface area contributed by atoms with E-state index in [1.807, 2.05) is 5.51 Å². The SMILES string of the molecule is CC1CCCC(O)(CNC(C)c2cscn2)C1. The van der Waals surface area contributed by atoms with E-state index in [4.69, 9.17) is 0 Å². The molecule has 1 saturated carbocycles. The second-order valence-corrected chi connectivity index (χ2v) is 6.16. The molecule has 0 spiro atoms. The van der Waals surface area contributed by atoms with Crippen LogP contribution in [-0.2, 0) is 0 Å². The van der Waals surface area contributed by atoms with Gasteiger partial charge in [0.2, 0.25) is 0 Å². The van der Waals surface area contributed by atoms with Crippen molar-refractivity contribution >= 4 is 11.3 Å². The summed E-state index contributed by atoms with van der Waals surface area (Å²) in [6.07, 6.45) is 4.24. The van der Waals surface area contributed by atoms with Gasteiger partial charge in [-0.05, 0) is 25.7 Å². The van der Waals surface area contributed by atoms with Crippen molar-refractivity contribution in [1.82, 2.24) is 10.3 Å². The lowest BCUT2D eigenvalue weighted by Gasteiger charge is -2.36. The average molecular weight is 254 g/mol. The number of aromatic nitrogens is 1. The topological polar surface area (TPSA) is 45.1 Å². The largest absolute Gasteiger partial charge is 0.389 e. The fourth-order valence-corrected chi connectivity index (χ4v) is 3.32. The molecule has 1 aromatic heterocycles. The first-order valence-electron chi connectivity index (χ1n) is 6.43. The standard InChI is InChI=1S/C13H22N2OS/c1-10-4-3-5-13(16,6-10)8-14-11(2)12-7-17-9-15-12/h7,9-11,14,16H,3-6,8H2,1-2H3. The van der Waals surface area contributed by atoms with Crippen molar-refractivity contribution in [2.75, 3.05) is 6.54 Å². The number of thiazole rings is 1. The summed E-state index contributed by atoms with van der Waals surface area (Å²) in [5.41, 5.74) is 2.41. The van der Waals surface area contributed by atoms with Gasteiger partial charge in [-0.1, -0.05) is 19.8 Å².